The van der Waals surface area contributed by atoms with Crippen LogP contribution in [-0.2, 0) is 0 Å². The Bertz CT molecular complexity index is 449. The highest BCUT2D eigenvalue weighted by Crippen LogP contribution is 2.33. The van der Waals surface area contributed by atoms with Crippen LogP contribution >= 0.6 is 0 Å². The summed E-state index contributed by atoms with van der Waals surface area (Å²) >= 11 is 0. The van der Waals surface area contributed by atoms with Gasteiger partial charge >= 0.3 is 0 Å². The largest absolute Gasteiger partial charge is 0.377 e. The molecule has 0 aliphatic carbocycles. The first-order valence-electron chi connectivity index (χ1n) is 7.99. The number of piperidine rings is 1. The summed E-state index contributed by atoms with van der Waals surface area (Å²) in [6, 6.07) is 8.71. The molecule has 3 nitrogen and oxygen atoms in total. The molecule has 0 spiro atoms. The molecule has 110 valence electrons. The highest BCUT2D eigenvalue weighted by Gasteiger charge is 2.29. The molecule has 3 rings (SSSR count). The van der Waals surface area contributed by atoms with Crippen LogP contribution in [0.25, 0.3) is 0 Å². The Kier molecular flexibility index (Phi) is 3.88. The first-order chi connectivity index (χ1) is 9.64. The minimum Gasteiger partial charge on any atom is -0.377 e. The van der Waals surface area contributed by atoms with Gasteiger partial charge in [0, 0.05) is 25.2 Å². The van der Waals surface area contributed by atoms with E-state index in [2.05, 4.69) is 53.2 Å². The van der Waals surface area contributed by atoms with Crippen LogP contribution in [0, 0.1) is 0 Å². The summed E-state index contributed by atoms with van der Waals surface area (Å²) in [6.07, 6.45) is 4.17. The van der Waals surface area contributed by atoms with Crippen molar-refractivity contribution in [3.05, 3.63) is 24.3 Å². The molecular weight excluding hydrogens is 246 g/mol. The van der Waals surface area contributed by atoms with Crippen molar-refractivity contribution in [3.63, 3.8) is 0 Å². The van der Waals surface area contributed by atoms with E-state index in [1.807, 2.05) is 0 Å². The van der Waals surface area contributed by atoms with Gasteiger partial charge in [-0.1, -0.05) is 18.6 Å². The Morgan fingerprint density at radius 3 is 2.60 bits per heavy atom. The van der Waals surface area contributed by atoms with Gasteiger partial charge in [0.25, 0.3) is 0 Å². The number of rotatable bonds is 3. The van der Waals surface area contributed by atoms with Crippen molar-refractivity contribution in [2.75, 3.05) is 42.9 Å². The molecule has 0 amide bonds. The zero-order valence-electron chi connectivity index (χ0n) is 12.9. The lowest BCUT2D eigenvalue weighted by atomic mass is 9.99. The van der Waals surface area contributed by atoms with E-state index in [9.17, 15) is 0 Å². The summed E-state index contributed by atoms with van der Waals surface area (Å²) in [5.41, 5.74) is 2.79. The lowest BCUT2D eigenvalue weighted by molar-refractivity contribution is 0.232. The van der Waals surface area contributed by atoms with Gasteiger partial charge in [-0.15, -0.1) is 0 Å². The Morgan fingerprint density at radius 1 is 1.05 bits per heavy atom. The highest BCUT2D eigenvalue weighted by atomic mass is 15.2. The molecule has 0 bridgehead atoms. The molecule has 20 heavy (non-hydrogen) atoms. The number of nitrogens with zero attached hydrogens (tertiary/aromatic N) is 2. The van der Waals surface area contributed by atoms with Crippen molar-refractivity contribution in [1.82, 2.24) is 4.90 Å². The van der Waals surface area contributed by atoms with E-state index in [0.29, 0.717) is 0 Å². The molecule has 2 aliphatic heterocycles. The second-order valence-corrected chi connectivity index (χ2v) is 6.85. The molecule has 1 fully saturated rings. The van der Waals surface area contributed by atoms with Gasteiger partial charge in [0.2, 0.25) is 0 Å². The lowest BCUT2D eigenvalue weighted by Crippen LogP contribution is -2.50. The van der Waals surface area contributed by atoms with E-state index in [4.69, 9.17) is 0 Å². The van der Waals surface area contributed by atoms with Crippen LogP contribution in [0.5, 0.6) is 0 Å². The third-order valence-corrected chi connectivity index (χ3v) is 4.44. The first-order valence-corrected chi connectivity index (χ1v) is 7.99. The number of likely N-dealkylation sites (tertiary alicyclic amines) is 1. The smallest absolute Gasteiger partial charge is 0.0603 e. The van der Waals surface area contributed by atoms with Crippen molar-refractivity contribution in [3.8, 4) is 0 Å². The maximum atomic E-state index is 3.65. The van der Waals surface area contributed by atoms with E-state index < -0.39 is 0 Å². The van der Waals surface area contributed by atoms with Crippen LogP contribution in [-0.4, -0.2) is 43.2 Å². The summed E-state index contributed by atoms with van der Waals surface area (Å²) in [5.74, 6) is 0. The summed E-state index contributed by atoms with van der Waals surface area (Å²) in [4.78, 5) is 5.18. The maximum absolute atomic E-state index is 3.65. The number of benzene rings is 1. The third kappa shape index (κ3) is 3.09. The Morgan fingerprint density at radius 2 is 1.80 bits per heavy atom. The molecular formula is C17H27N3. The van der Waals surface area contributed by atoms with E-state index in [1.165, 1.54) is 50.3 Å². The molecule has 3 heteroatoms. The quantitative estimate of drug-likeness (QED) is 0.912. The number of anilines is 2. The third-order valence-electron chi connectivity index (χ3n) is 4.44. The predicted molar refractivity (Wildman–Crippen MR) is 86.6 cm³/mol. The van der Waals surface area contributed by atoms with Gasteiger partial charge in [-0.25, -0.2) is 0 Å². The zero-order valence-corrected chi connectivity index (χ0v) is 12.9. The standard InChI is InChI=1S/C17H27N3/c1-17(2)14-20(13-12-19-10-6-3-7-11-19)16-9-5-4-8-15(16)18-17/h4-5,8-9,18H,3,6-7,10-14H2,1-2H3. The van der Waals surface area contributed by atoms with Gasteiger partial charge < -0.3 is 15.1 Å². The van der Waals surface area contributed by atoms with Crippen LogP contribution in [0.1, 0.15) is 33.1 Å². The van der Waals surface area contributed by atoms with E-state index >= 15 is 0 Å². The number of hydrogen-bond acceptors (Lipinski definition) is 3. The van der Waals surface area contributed by atoms with Gasteiger partial charge in [0.15, 0.2) is 0 Å². The Hall–Kier alpha value is -1.22. The minimum absolute atomic E-state index is 0.149. The molecule has 1 aromatic rings. The summed E-state index contributed by atoms with van der Waals surface area (Å²) in [5, 5.41) is 3.65. The molecule has 0 saturated carbocycles. The van der Waals surface area contributed by atoms with E-state index in [1.54, 1.807) is 0 Å². The van der Waals surface area contributed by atoms with Crippen molar-refractivity contribution in [1.29, 1.82) is 0 Å². The highest BCUT2D eigenvalue weighted by molar-refractivity contribution is 5.73. The van der Waals surface area contributed by atoms with Gasteiger partial charge in [-0.3, -0.25) is 0 Å². The second-order valence-electron chi connectivity index (χ2n) is 6.85. The fourth-order valence-electron chi connectivity index (χ4n) is 3.47. The summed E-state index contributed by atoms with van der Waals surface area (Å²) in [7, 11) is 0. The molecule has 0 atom stereocenters. The number of hydrogen-bond donors (Lipinski definition) is 1. The fraction of sp³-hybridized carbons (Fsp3) is 0.647. The number of nitrogens with one attached hydrogen (secondary N) is 1. The van der Waals surface area contributed by atoms with Crippen molar-refractivity contribution < 1.29 is 0 Å². The predicted octanol–water partition coefficient (Wildman–Crippen LogP) is 3.18. The SMILES string of the molecule is CC1(C)CN(CCN2CCCCC2)c2ccccc2N1. The molecule has 0 aromatic heterocycles. The second kappa shape index (κ2) is 5.65. The molecule has 1 N–H and O–H groups in total. The Labute approximate surface area is 123 Å². The van der Waals surface area contributed by atoms with Crippen molar-refractivity contribution >= 4 is 11.4 Å². The lowest BCUT2D eigenvalue weighted by Gasteiger charge is -2.43. The summed E-state index contributed by atoms with van der Waals surface area (Å²) < 4.78 is 0. The van der Waals surface area contributed by atoms with E-state index in [-0.39, 0.29) is 5.54 Å². The van der Waals surface area contributed by atoms with Crippen LogP contribution in [0.3, 0.4) is 0 Å². The molecule has 0 radical (unpaired) electrons. The van der Waals surface area contributed by atoms with Crippen LogP contribution in [0.15, 0.2) is 24.3 Å². The molecule has 2 aliphatic rings. The van der Waals surface area contributed by atoms with Gasteiger partial charge in [-0.05, 0) is 51.9 Å². The van der Waals surface area contributed by atoms with Crippen LogP contribution in [0.4, 0.5) is 11.4 Å². The van der Waals surface area contributed by atoms with E-state index in [0.717, 1.165) is 13.1 Å². The number of fused-ring (bicyclic) bond motifs is 1. The van der Waals surface area contributed by atoms with Crippen molar-refractivity contribution in [2.24, 2.45) is 0 Å². The van der Waals surface area contributed by atoms with Gasteiger partial charge in [0.05, 0.1) is 11.4 Å². The number of para-hydroxylation sites is 2. The summed E-state index contributed by atoms with van der Waals surface area (Å²) in [6.45, 7) is 10.6. The average Bonchev–Trinajstić information content (AvgIpc) is 2.45. The minimum atomic E-state index is 0.149. The zero-order chi connectivity index (χ0) is 14.0. The van der Waals surface area contributed by atoms with Crippen LogP contribution in [0.2, 0.25) is 0 Å². The van der Waals surface area contributed by atoms with Crippen LogP contribution < -0.4 is 10.2 Å². The normalized spacial score (nSPS) is 22.2. The molecule has 1 saturated heterocycles. The first kappa shape index (κ1) is 13.7. The topological polar surface area (TPSA) is 18.5 Å². The van der Waals surface area contributed by atoms with Gasteiger partial charge in [0.1, 0.15) is 0 Å². The fourth-order valence-corrected chi connectivity index (χ4v) is 3.47. The Balaban J connectivity index is 1.68. The monoisotopic (exact) mass is 273 g/mol. The molecule has 1 aromatic carbocycles. The van der Waals surface area contributed by atoms with Gasteiger partial charge in [-0.2, -0.15) is 0 Å². The molecule has 0 unspecified atom stereocenters. The average molecular weight is 273 g/mol. The molecule has 2 heterocycles. The van der Waals surface area contributed by atoms with Crippen molar-refractivity contribution in [2.45, 2.75) is 38.6 Å². The maximum Gasteiger partial charge on any atom is 0.0603 e.